The number of carbonyl (C=O) groups excluding carboxylic acids is 1. The van der Waals surface area contributed by atoms with E-state index in [2.05, 4.69) is 28.6 Å². The molecule has 0 fully saturated rings. The molecule has 2 aromatic heterocycles. The lowest BCUT2D eigenvalue weighted by Gasteiger charge is -2.35. The van der Waals surface area contributed by atoms with Gasteiger partial charge in [0.05, 0.1) is 18.9 Å². The van der Waals surface area contributed by atoms with E-state index in [1.54, 1.807) is 18.4 Å². The average molecular weight is 429 g/mol. The average Bonchev–Trinajstić information content (AvgIpc) is 3.38. The van der Waals surface area contributed by atoms with E-state index in [1.165, 1.54) is 22.2 Å². The Morgan fingerprint density at radius 2 is 2.07 bits per heavy atom. The van der Waals surface area contributed by atoms with E-state index in [0.29, 0.717) is 5.75 Å². The van der Waals surface area contributed by atoms with Gasteiger partial charge in [0.15, 0.2) is 11.0 Å². The third kappa shape index (κ3) is 3.91. The summed E-state index contributed by atoms with van der Waals surface area (Å²) < 4.78 is 7.14. The minimum Gasteiger partial charge on any atom is -0.497 e. The first-order valence-corrected chi connectivity index (χ1v) is 11.5. The third-order valence-electron chi connectivity index (χ3n) is 5.31. The van der Waals surface area contributed by atoms with Crippen LogP contribution in [0.2, 0.25) is 0 Å². The van der Waals surface area contributed by atoms with Gasteiger partial charge in [0.25, 0.3) is 0 Å². The van der Waals surface area contributed by atoms with Crippen LogP contribution >= 0.6 is 23.1 Å². The zero-order chi connectivity index (χ0) is 20.4. The van der Waals surface area contributed by atoms with E-state index in [9.17, 15) is 4.79 Å². The van der Waals surface area contributed by atoms with Gasteiger partial charge in [0, 0.05) is 24.0 Å². The van der Waals surface area contributed by atoms with Crippen LogP contribution in [0, 0.1) is 0 Å². The molecule has 1 aliphatic heterocycles. The molecule has 1 aliphatic rings. The zero-order valence-corrected chi connectivity index (χ0v) is 18.4. The predicted octanol–water partition coefficient (Wildman–Crippen LogP) is 4.18. The summed E-state index contributed by atoms with van der Waals surface area (Å²) in [5.41, 5.74) is 2.29. The molecule has 0 saturated carbocycles. The van der Waals surface area contributed by atoms with E-state index in [1.807, 2.05) is 40.8 Å². The summed E-state index contributed by atoms with van der Waals surface area (Å²) in [5, 5.41) is 11.5. The fourth-order valence-corrected chi connectivity index (χ4v) is 5.50. The normalized spacial score (nSPS) is 16.0. The van der Waals surface area contributed by atoms with Gasteiger partial charge < -0.3 is 14.2 Å². The fourth-order valence-electron chi connectivity index (χ4n) is 3.78. The predicted molar refractivity (Wildman–Crippen MR) is 116 cm³/mol. The number of carbonyl (C=O) groups is 1. The Morgan fingerprint density at radius 1 is 1.28 bits per heavy atom. The van der Waals surface area contributed by atoms with Crippen molar-refractivity contribution in [1.29, 1.82) is 0 Å². The van der Waals surface area contributed by atoms with Crippen LogP contribution in [-0.2, 0) is 18.3 Å². The van der Waals surface area contributed by atoms with Crippen molar-refractivity contribution in [3.05, 3.63) is 46.2 Å². The van der Waals surface area contributed by atoms with E-state index in [-0.39, 0.29) is 11.9 Å². The van der Waals surface area contributed by atoms with E-state index >= 15 is 0 Å². The number of nitrogens with zero attached hydrogens (tertiary/aromatic N) is 4. The second-order valence-corrected chi connectivity index (χ2v) is 8.89. The molecule has 1 unspecified atom stereocenters. The number of benzene rings is 1. The van der Waals surface area contributed by atoms with E-state index in [4.69, 9.17) is 4.74 Å². The van der Waals surface area contributed by atoms with Crippen LogP contribution < -0.4 is 4.74 Å². The number of amides is 1. The fraction of sp³-hybridized carbons (Fsp3) is 0.381. The van der Waals surface area contributed by atoms with Crippen molar-refractivity contribution < 1.29 is 9.53 Å². The standard InChI is InChI=1S/C21H24N4O2S2/c1-4-17-16-10-12-28-18(16)9-11-25(17)19(26)13-29-21-23-22-20(24(21)2)14-5-7-15(27-3)8-6-14/h5-8,10,12,17H,4,9,11,13H2,1-3H3. The highest BCUT2D eigenvalue weighted by Crippen LogP contribution is 2.35. The summed E-state index contributed by atoms with van der Waals surface area (Å²) in [6.07, 6.45) is 1.89. The van der Waals surface area contributed by atoms with Crippen LogP contribution in [0.5, 0.6) is 5.75 Å². The van der Waals surface area contributed by atoms with E-state index < -0.39 is 0 Å². The molecule has 29 heavy (non-hydrogen) atoms. The molecule has 3 heterocycles. The van der Waals surface area contributed by atoms with Crippen molar-refractivity contribution in [2.45, 2.75) is 31.0 Å². The summed E-state index contributed by atoms with van der Waals surface area (Å²) in [5.74, 6) is 2.10. The highest BCUT2D eigenvalue weighted by atomic mass is 32.2. The highest BCUT2D eigenvalue weighted by Gasteiger charge is 2.30. The van der Waals surface area contributed by atoms with Crippen LogP contribution in [0.1, 0.15) is 29.8 Å². The van der Waals surface area contributed by atoms with Crippen molar-refractivity contribution in [2.75, 3.05) is 19.4 Å². The second-order valence-electron chi connectivity index (χ2n) is 6.94. The number of ether oxygens (including phenoxy) is 1. The van der Waals surface area contributed by atoms with E-state index in [0.717, 1.165) is 41.7 Å². The van der Waals surface area contributed by atoms with Crippen molar-refractivity contribution in [1.82, 2.24) is 19.7 Å². The quantitative estimate of drug-likeness (QED) is 0.551. The lowest BCUT2D eigenvalue weighted by molar-refractivity contribution is -0.131. The molecular formula is C21H24N4O2S2. The van der Waals surface area contributed by atoms with Gasteiger partial charge in [0.2, 0.25) is 5.91 Å². The minimum atomic E-state index is 0.160. The first kappa shape index (κ1) is 20.0. The topological polar surface area (TPSA) is 60.3 Å². The van der Waals surface area contributed by atoms with Crippen molar-refractivity contribution in [3.63, 3.8) is 0 Å². The maximum Gasteiger partial charge on any atom is 0.233 e. The van der Waals surface area contributed by atoms with Gasteiger partial charge >= 0.3 is 0 Å². The number of fused-ring (bicyclic) bond motifs is 1. The Balaban J connectivity index is 1.44. The van der Waals surface area contributed by atoms with Crippen LogP contribution in [0.4, 0.5) is 0 Å². The van der Waals surface area contributed by atoms with Gasteiger partial charge in [-0.15, -0.1) is 21.5 Å². The van der Waals surface area contributed by atoms with Crippen molar-refractivity contribution in [3.8, 4) is 17.1 Å². The Morgan fingerprint density at radius 3 is 2.79 bits per heavy atom. The van der Waals surface area contributed by atoms with Gasteiger partial charge in [0.1, 0.15) is 5.75 Å². The molecule has 0 N–H and O–H groups in total. The number of thiophene rings is 1. The lowest BCUT2D eigenvalue weighted by atomic mass is 9.98. The van der Waals surface area contributed by atoms with Crippen LogP contribution in [0.25, 0.3) is 11.4 Å². The Hall–Kier alpha value is -2.32. The first-order valence-electron chi connectivity index (χ1n) is 9.64. The maximum atomic E-state index is 13.0. The molecule has 0 spiro atoms. The van der Waals surface area contributed by atoms with Gasteiger partial charge in [-0.3, -0.25) is 4.79 Å². The number of thioether (sulfide) groups is 1. The molecule has 4 rings (SSSR count). The summed E-state index contributed by atoms with van der Waals surface area (Å²) in [4.78, 5) is 16.4. The molecule has 8 heteroatoms. The summed E-state index contributed by atoms with van der Waals surface area (Å²) in [7, 11) is 3.58. The number of hydrogen-bond donors (Lipinski definition) is 0. The Bertz CT molecular complexity index is 997. The van der Waals surface area contributed by atoms with Gasteiger partial charge in [-0.2, -0.15) is 0 Å². The lowest BCUT2D eigenvalue weighted by Crippen LogP contribution is -2.40. The van der Waals surface area contributed by atoms with Crippen LogP contribution in [0.3, 0.4) is 0 Å². The molecule has 3 aromatic rings. The molecule has 0 radical (unpaired) electrons. The van der Waals surface area contributed by atoms with Crippen LogP contribution in [-0.4, -0.2) is 45.0 Å². The largest absolute Gasteiger partial charge is 0.497 e. The number of aromatic nitrogens is 3. The molecule has 6 nitrogen and oxygen atoms in total. The molecule has 1 aromatic carbocycles. The Kier molecular flexibility index (Phi) is 5.91. The monoisotopic (exact) mass is 428 g/mol. The molecule has 1 amide bonds. The zero-order valence-electron chi connectivity index (χ0n) is 16.8. The maximum absolute atomic E-state index is 13.0. The van der Waals surface area contributed by atoms with Gasteiger partial charge in [-0.25, -0.2) is 0 Å². The first-order chi connectivity index (χ1) is 14.1. The summed E-state index contributed by atoms with van der Waals surface area (Å²) in [6, 6.07) is 10.1. The molecule has 0 aliphatic carbocycles. The molecule has 1 atom stereocenters. The highest BCUT2D eigenvalue weighted by molar-refractivity contribution is 7.99. The number of rotatable bonds is 6. The van der Waals surface area contributed by atoms with Crippen molar-refractivity contribution >= 4 is 29.0 Å². The van der Waals surface area contributed by atoms with Gasteiger partial charge in [-0.1, -0.05) is 18.7 Å². The van der Waals surface area contributed by atoms with Crippen LogP contribution in [0.15, 0.2) is 40.9 Å². The summed E-state index contributed by atoms with van der Waals surface area (Å²) in [6.45, 7) is 2.94. The second kappa shape index (κ2) is 8.59. The summed E-state index contributed by atoms with van der Waals surface area (Å²) >= 11 is 3.24. The smallest absolute Gasteiger partial charge is 0.233 e. The SMILES string of the molecule is CCC1c2ccsc2CCN1C(=O)CSc1nnc(-c2ccc(OC)cc2)n1C. The number of hydrogen-bond acceptors (Lipinski definition) is 6. The van der Waals surface area contributed by atoms with Crippen molar-refractivity contribution in [2.24, 2.45) is 7.05 Å². The third-order valence-corrected chi connectivity index (χ3v) is 7.31. The molecule has 0 bridgehead atoms. The molecule has 0 saturated heterocycles. The number of methoxy groups -OCH3 is 1. The molecular weight excluding hydrogens is 404 g/mol. The minimum absolute atomic E-state index is 0.160. The van der Waals surface area contributed by atoms with Gasteiger partial charge in [-0.05, 0) is 54.1 Å². The Labute approximate surface area is 178 Å². The molecule has 152 valence electrons.